The van der Waals surface area contributed by atoms with Gasteiger partial charge < -0.3 is 30.3 Å². The number of aryl methyl sites for hydroxylation is 1. The molecule has 16 heteroatoms. The molecule has 0 unspecified atom stereocenters. The minimum absolute atomic E-state index is 0.0897. The van der Waals surface area contributed by atoms with Crippen LogP contribution in [0.3, 0.4) is 0 Å². The van der Waals surface area contributed by atoms with Crippen LogP contribution in [-0.2, 0) is 6.18 Å². The monoisotopic (exact) mass is 666 g/mol. The average Bonchev–Trinajstić information content (AvgIpc) is 3.77. The molecule has 1 saturated carbocycles. The second kappa shape index (κ2) is 11.5. The van der Waals surface area contributed by atoms with Crippen LogP contribution in [0.4, 0.5) is 38.0 Å². The lowest BCUT2D eigenvalue weighted by Crippen LogP contribution is -2.60. The van der Waals surface area contributed by atoms with E-state index in [2.05, 4.69) is 20.3 Å². The zero-order valence-corrected chi connectivity index (χ0v) is 26.2. The van der Waals surface area contributed by atoms with Gasteiger partial charge in [-0.05, 0) is 39.2 Å². The van der Waals surface area contributed by atoms with Crippen LogP contribution >= 0.6 is 0 Å². The van der Waals surface area contributed by atoms with Crippen LogP contribution in [0.1, 0.15) is 44.4 Å². The fourth-order valence-electron chi connectivity index (χ4n) is 7.02. The lowest BCUT2D eigenvalue weighted by molar-refractivity contribution is -0.137. The number of anilines is 2. The number of ether oxygens (including phenoxy) is 2. The maximum Gasteiger partial charge on any atom is 0.418 e. The van der Waals surface area contributed by atoms with Gasteiger partial charge in [-0.15, -0.1) is 0 Å². The molecule has 10 nitrogen and oxygen atoms in total. The molecule has 3 N–H and O–H groups in total. The number of aromatic nitrogens is 4. The Kier molecular flexibility index (Phi) is 7.81. The Bertz CT molecular complexity index is 1700. The standard InChI is InChI=1S/C31H36F6N8O2/c1-4-17-11-45-19(8-39-17)15(3)47-28-21-25(23(32)24(41-28)18-7-20(38)40-14(2)22(18)31(35,36)37)42-29(43-27(21)45)46-13-30(5-6-30)12-44-9-16(10-44)26(33)34/h7,15-17,19,26,39H,4-6,8-13H2,1-3H3,(H2,38,40)/t15-,17+,19-/m0/s1. The van der Waals surface area contributed by atoms with Crippen LogP contribution in [0.2, 0.25) is 0 Å². The zero-order chi connectivity index (χ0) is 33.4. The third-order valence-electron chi connectivity index (χ3n) is 9.87. The summed E-state index contributed by atoms with van der Waals surface area (Å²) in [5, 5.41) is 3.62. The summed E-state index contributed by atoms with van der Waals surface area (Å²) in [6.07, 6.45) is -5.30. The van der Waals surface area contributed by atoms with Gasteiger partial charge in [0.1, 0.15) is 34.3 Å². The van der Waals surface area contributed by atoms with Crippen molar-refractivity contribution in [2.24, 2.45) is 11.3 Å². The maximum atomic E-state index is 16.7. The van der Waals surface area contributed by atoms with Crippen molar-refractivity contribution in [3.63, 3.8) is 0 Å². The van der Waals surface area contributed by atoms with Gasteiger partial charge in [0.15, 0.2) is 5.82 Å². The topological polar surface area (TPSA) is 115 Å². The number of halogens is 6. The fraction of sp³-hybridized carbons (Fsp3) is 0.613. The second-order valence-corrected chi connectivity index (χ2v) is 13.3. The molecular weight excluding hydrogens is 630 g/mol. The molecule has 3 aromatic rings. The van der Waals surface area contributed by atoms with Crippen molar-refractivity contribution in [1.29, 1.82) is 0 Å². The highest BCUT2D eigenvalue weighted by Crippen LogP contribution is 2.49. The highest BCUT2D eigenvalue weighted by Gasteiger charge is 2.48. The number of pyridine rings is 2. The van der Waals surface area contributed by atoms with Crippen LogP contribution in [-0.4, -0.2) is 88.8 Å². The van der Waals surface area contributed by atoms with Gasteiger partial charge in [-0.3, -0.25) is 0 Å². The Balaban J connectivity index is 1.33. The van der Waals surface area contributed by atoms with Crippen molar-refractivity contribution in [3.05, 3.63) is 23.1 Å². The lowest BCUT2D eigenvalue weighted by atomic mass is 9.97. The molecule has 0 bridgehead atoms. The number of nitrogens with two attached hydrogens (primary N) is 1. The quantitative estimate of drug-likeness (QED) is 0.324. The van der Waals surface area contributed by atoms with Gasteiger partial charge in [0.05, 0.1) is 23.9 Å². The van der Waals surface area contributed by atoms with Gasteiger partial charge >= 0.3 is 12.2 Å². The van der Waals surface area contributed by atoms with E-state index in [1.165, 1.54) is 0 Å². The first-order valence-electron chi connectivity index (χ1n) is 15.8. The smallest absolute Gasteiger partial charge is 0.418 e. The van der Waals surface area contributed by atoms with Crippen LogP contribution in [0.5, 0.6) is 11.9 Å². The van der Waals surface area contributed by atoms with E-state index >= 15 is 4.39 Å². The van der Waals surface area contributed by atoms with Crippen LogP contribution in [0.15, 0.2) is 6.07 Å². The molecule has 47 heavy (non-hydrogen) atoms. The number of nitrogen functional groups attached to an aromatic ring is 1. The first-order chi connectivity index (χ1) is 22.3. The zero-order valence-electron chi connectivity index (χ0n) is 26.2. The predicted molar refractivity (Wildman–Crippen MR) is 161 cm³/mol. The van der Waals surface area contributed by atoms with Crippen molar-refractivity contribution < 1.29 is 35.8 Å². The van der Waals surface area contributed by atoms with E-state index in [-0.39, 0.29) is 52.7 Å². The molecule has 2 saturated heterocycles. The van der Waals surface area contributed by atoms with Gasteiger partial charge in [-0.25, -0.2) is 23.1 Å². The van der Waals surface area contributed by atoms with Crippen molar-refractivity contribution in [1.82, 2.24) is 30.2 Å². The largest absolute Gasteiger partial charge is 0.472 e. The molecule has 1 aliphatic carbocycles. The average molecular weight is 667 g/mol. The Labute approximate surface area is 267 Å². The highest BCUT2D eigenvalue weighted by atomic mass is 19.4. The second-order valence-electron chi connectivity index (χ2n) is 13.3. The van der Waals surface area contributed by atoms with E-state index in [1.54, 1.807) is 0 Å². The van der Waals surface area contributed by atoms with Crippen LogP contribution in [0, 0.1) is 24.1 Å². The Morgan fingerprint density at radius 3 is 2.55 bits per heavy atom. The highest BCUT2D eigenvalue weighted by molar-refractivity contribution is 5.97. The predicted octanol–water partition coefficient (Wildman–Crippen LogP) is 4.83. The number of fused-ring (bicyclic) bond motifs is 2. The van der Waals surface area contributed by atoms with Crippen molar-refractivity contribution in [2.75, 3.05) is 50.0 Å². The minimum Gasteiger partial charge on any atom is -0.472 e. The third kappa shape index (κ3) is 5.76. The lowest BCUT2D eigenvalue weighted by Gasteiger charge is -2.42. The van der Waals surface area contributed by atoms with Crippen molar-refractivity contribution >= 4 is 22.5 Å². The molecule has 6 heterocycles. The minimum atomic E-state index is -4.89. The molecule has 0 spiro atoms. The summed E-state index contributed by atoms with van der Waals surface area (Å²) in [5.74, 6) is -1.75. The first-order valence-corrected chi connectivity index (χ1v) is 15.8. The van der Waals surface area contributed by atoms with Gasteiger partial charge in [-0.1, -0.05) is 6.92 Å². The molecule has 0 radical (unpaired) electrons. The number of nitrogens with one attached hydrogen (secondary N) is 1. The van der Waals surface area contributed by atoms with E-state index in [9.17, 15) is 22.0 Å². The molecule has 3 aromatic heterocycles. The summed E-state index contributed by atoms with van der Waals surface area (Å²) in [4.78, 5) is 21.3. The van der Waals surface area contributed by atoms with E-state index < -0.39 is 53.0 Å². The summed E-state index contributed by atoms with van der Waals surface area (Å²) in [5.41, 5.74) is 2.48. The van der Waals surface area contributed by atoms with E-state index in [1.807, 2.05) is 23.6 Å². The fourth-order valence-corrected chi connectivity index (χ4v) is 7.02. The van der Waals surface area contributed by atoms with Gasteiger partial charge in [0, 0.05) is 55.7 Å². The number of nitrogens with zero attached hydrogens (tertiary/aromatic N) is 6. The normalized spacial score (nSPS) is 24.1. The van der Waals surface area contributed by atoms with E-state index in [4.69, 9.17) is 20.2 Å². The molecule has 0 amide bonds. The third-order valence-corrected chi connectivity index (χ3v) is 9.87. The first kappa shape index (κ1) is 31.9. The van der Waals surface area contributed by atoms with Gasteiger partial charge in [0.2, 0.25) is 12.3 Å². The molecule has 3 atom stereocenters. The van der Waals surface area contributed by atoms with Crippen molar-refractivity contribution in [3.8, 4) is 23.1 Å². The Morgan fingerprint density at radius 2 is 1.89 bits per heavy atom. The Morgan fingerprint density at radius 1 is 1.15 bits per heavy atom. The molecule has 254 valence electrons. The summed E-state index contributed by atoms with van der Waals surface area (Å²) in [6, 6.07) is 0.630. The number of rotatable bonds is 8. The summed E-state index contributed by atoms with van der Waals surface area (Å²) < 4.78 is 98.1. The number of hydrogen-bond donors (Lipinski definition) is 2. The summed E-state index contributed by atoms with van der Waals surface area (Å²) in [6.45, 7) is 7.42. The number of piperazine rings is 1. The maximum absolute atomic E-state index is 16.7. The SMILES string of the molecule is CC[C@@H]1CN2c3nc(OCC4(CN5CC(C(F)F)C5)CC4)nc4c(F)c(-c5cc(N)nc(C)c5C(F)(F)F)nc(c34)O[C@@H](C)[C@@H]2CN1. The van der Waals surface area contributed by atoms with Gasteiger partial charge in [-0.2, -0.15) is 23.1 Å². The summed E-state index contributed by atoms with van der Waals surface area (Å²) in [7, 11) is 0. The molecule has 3 fully saturated rings. The molecule has 0 aromatic carbocycles. The number of alkyl halides is 5. The number of likely N-dealkylation sites (tertiary alicyclic amines) is 1. The van der Waals surface area contributed by atoms with Crippen molar-refractivity contribution in [2.45, 2.75) is 70.8 Å². The van der Waals surface area contributed by atoms with Gasteiger partial charge in [0.25, 0.3) is 0 Å². The van der Waals surface area contributed by atoms with Crippen LogP contribution in [0.25, 0.3) is 22.2 Å². The number of hydrogen-bond acceptors (Lipinski definition) is 10. The van der Waals surface area contributed by atoms with E-state index in [0.717, 1.165) is 32.3 Å². The summed E-state index contributed by atoms with van der Waals surface area (Å²) >= 11 is 0. The van der Waals surface area contributed by atoms with Crippen LogP contribution < -0.4 is 25.4 Å². The van der Waals surface area contributed by atoms with E-state index in [0.29, 0.717) is 38.5 Å². The molecule has 3 aliphatic heterocycles. The molecular formula is C31H36F6N8O2. The molecule has 4 aliphatic rings. The Hall–Kier alpha value is -3.66. The molecule has 7 rings (SSSR count).